The van der Waals surface area contributed by atoms with Gasteiger partial charge in [-0.2, -0.15) is 0 Å². The van der Waals surface area contributed by atoms with Gasteiger partial charge in [0.1, 0.15) is 0 Å². The minimum absolute atomic E-state index is 1.90. The van der Waals surface area contributed by atoms with Gasteiger partial charge in [0.25, 0.3) is 0 Å². The van der Waals surface area contributed by atoms with Crippen molar-refractivity contribution in [1.29, 1.82) is 0 Å². The van der Waals surface area contributed by atoms with Crippen LogP contribution >= 0.6 is 28.6 Å². The molecule has 0 unspecified atom stereocenters. The second kappa shape index (κ2) is 3.18. The van der Waals surface area contributed by atoms with E-state index in [1.54, 1.807) is 0 Å². The molecule has 0 fully saturated rings. The van der Waals surface area contributed by atoms with Crippen LogP contribution < -0.4 is 0 Å². The fourth-order valence-corrected chi connectivity index (χ4v) is 0. The van der Waals surface area contributed by atoms with E-state index >= 15 is 0 Å². The van der Waals surface area contributed by atoms with Gasteiger partial charge in [0.15, 0.2) is 0 Å². The van der Waals surface area contributed by atoms with Crippen molar-refractivity contribution in [3.8, 4) is 0 Å². The van der Waals surface area contributed by atoms with Crippen molar-refractivity contribution in [2.75, 3.05) is 0 Å². The molecule has 0 aliphatic rings. The summed E-state index contributed by atoms with van der Waals surface area (Å²) in [5.74, 6) is 0. The first kappa shape index (κ1) is 5.98. The van der Waals surface area contributed by atoms with E-state index in [9.17, 15) is 0 Å². The number of rotatable bonds is 0. The van der Waals surface area contributed by atoms with Gasteiger partial charge in [-0.3, -0.25) is 0 Å². The van der Waals surface area contributed by atoms with Gasteiger partial charge in [0, 0.05) is 0 Å². The van der Waals surface area contributed by atoms with Crippen LogP contribution in [0.25, 0.3) is 0 Å². The molecule has 1 radical (unpaired) electrons. The van der Waals surface area contributed by atoms with Crippen molar-refractivity contribution >= 4 is 46.5 Å². The zero-order valence-corrected chi connectivity index (χ0v) is 8.62. The molecule has 0 N–H and O–H groups in total. The number of halogens is 3. The zero-order chi connectivity index (χ0) is 3.58. The monoisotopic (exact) mass is 357 g/mol. The SMILES string of the molecule is [Cl][Pb]([Cl])[Br]. The van der Waals surface area contributed by atoms with E-state index in [4.69, 9.17) is 16.6 Å². The van der Waals surface area contributed by atoms with Crippen LogP contribution in [0.15, 0.2) is 0 Å². The van der Waals surface area contributed by atoms with Crippen molar-refractivity contribution in [2.45, 2.75) is 0 Å². The van der Waals surface area contributed by atoms with Crippen LogP contribution in [0.5, 0.6) is 0 Å². The molecule has 0 saturated heterocycles. The first-order valence-corrected chi connectivity index (χ1v) is 18.6. The molecule has 4 heteroatoms. The fraction of sp³-hybridized carbons (Fsp3) is 0. The molecule has 0 aromatic heterocycles. The first-order valence-electron chi connectivity index (χ1n) is 0.567. The Labute approximate surface area is 45.8 Å². The van der Waals surface area contributed by atoms with E-state index in [0.717, 1.165) is 0 Å². The van der Waals surface area contributed by atoms with Crippen LogP contribution in [0.3, 0.4) is 0 Å². The third-order valence-corrected chi connectivity index (χ3v) is 0. The number of hydrogen-bond acceptors (Lipinski definition) is 0. The molecule has 0 aromatic rings. The molecule has 0 amide bonds. The average Bonchev–Trinajstić information content (AvgIpc) is 0.811. The summed E-state index contributed by atoms with van der Waals surface area (Å²) in [6.45, 7) is 0. The molecule has 0 bridgehead atoms. The summed E-state index contributed by atoms with van der Waals surface area (Å²) < 4.78 is 0. The second-order valence-electron chi connectivity index (χ2n) is 0.214. The normalized spacial score (nSPS) is 9.00. The van der Waals surface area contributed by atoms with Gasteiger partial charge in [0.2, 0.25) is 0 Å². The van der Waals surface area contributed by atoms with Crippen molar-refractivity contribution in [3.05, 3.63) is 0 Å². The Hall–Kier alpha value is 1.98. The Morgan fingerprint density at radius 1 is 1.50 bits per heavy atom. The van der Waals surface area contributed by atoms with E-state index in [1.807, 2.05) is 0 Å². The quantitative estimate of drug-likeness (QED) is 0.580. The third-order valence-electron chi connectivity index (χ3n) is 0. The number of hydrogen-bond donors (Lipinski definition) is 0. The Bertz CT molecular complexity index is 10.8. The van der Waals surface area contributed by atoms with Crippen LogP contribution in [-0.4, -0.2) is 17.8 Å². The zero-order valence-electron chi connectivity index (χ0n) is 1.63. The molecule has 0 spiro atoms. The maximum atomic E-state index is 5.17. The van der Waals surface area contributed by atoms with Crippen molar-refractivity contribution in [3.63, 3.8) is 0 Å². The van der Waals surface area contributed by atoms with Crippen LogP contribution in [0, 0.1) is 0 Å². The molecule has 0 saturated carbocycles. The minimum atomic E-state index is -1.90. The molecule has 0 aliphatic carbocycles. The standard InChI is InChI=1S/BrH.2ClH.Pb/h3*1H;/q;;;+3/p-3. The Kier molecular flexibility index (Phi) is 4.76. The molecular weight excluding hydrogens is 358 g/mol. The topological polar surface area (TPSA) is 0 Å². The van der Waals surface area contributed by atoms with Gasteiger partial charge in [-0.25, -0.2) is 0 Å². The molecule has 0 rings (SSSR count). The summed E-state index contributed by atoms with van der Waals surface area (Å²) in [5, 5.41) is 0. The Balaban J connectivity index is 2.32. The maximum absolute atomic E-state index is 5.17. The van der Waals surface area contributed by atoms with Crippen LogP contribution in [0.2, 0.25) is 0 Å². The molecule has 0 aliphatic heterocycles. The summed E-state index contributed by atoms with van der Waals surface area (Å²) in [6.07, 6.45) is 0. The van der Waals surface area contributed by atoms with E-state index < -0.39 is 17.8 Å². The Morgan fingerprint density at radius 2 is 1.50 bits per heavy atom. The summed E-state index contributed by atoms with van der Waals surface area (Å²) >= 11 is 1.11. The summed E-state index contributed by atoms with van der Waals surface area (Å²) in [7, 11) is 10.3. The van der Waals surface area contributed by atoms with Gasteiger partial charge in [-0.1, -0.05) is 0 Å². The molecule has 25 valence electrons. The second-order valence-corrected chi connectivity index (χ2v) is 25.2. The van der Waals surface area contributed by atoms with Crippen LogP contribution in [0.1, 0.15) is 0 Å². The summed E-state index contributed by atoms with van der Waals surface area (Å²) in [4.78, 5) is 0. The van der Waals surface area contributed by atoms with E-state index in [-0.39, 0.29) is 0 Å². The van der Waals surface area contributed by atoms with Crippen molar-refractivity contribution < 1.29 is 0 Å². The predicted molar refractivity (Wildman–Crippen MR) is 26.4 cm³/mol. The van der Waals surface area contributed by atoms with Crippen molar-refractivity contribution in [1.82, 2.24) is 0 Å². The van der Waals surface area contributed by atoms with Gasteiger partial charge in [-0.15, -0.1) is 0 Å². The molecule has 0 aromatic carbocycles. The summed E-state index contributed by atoms with van der Waals surface area (Å²) in [5.41, 5.74) is 0. The summed E-state index contributed by atoms with van der Waals surface area (Å²) in [6, 6.07) is 0. The molecular formula is BrCl2Pb. The van der Waals surface area contributed by atoms with E-state index in [2.05, 4.69) is 12.0 Å². The van der Waals surface area contributed by atoms with Crippen LogP contribution in [-0.2, 0) is 0 Å². The molecule has 0 heterocycles. The molecule has 0 atom stereocenters. The van der Waals surface area contributed by atoms with Gasteiger partial charge < -0.3 is 0 Å². The predicted octanol–water partition coefficient (Wildman–Crippen LogP) is 1.84. The average molecular weight is 358 g/mol. The third kappa shape index (κ3) is 9.01. The van der Waals surface area contributed by atoms with Crippen molar-refractivity contribution in [2.24, 2.45) is 0 Å². The fourth-order valence-electron chi connectivity index (χ4n) is 0. The molecule has 4 heavy (non-hydrogen) atoms. The van der Waals surface area contributed by atoms with Gasteiger partial charge in [-0.05, 0) is 0 Å². The van der Waals surface area contributed by atoms with Gasteiger partial charge >= 0.3 is 46.5 Å². The first-order chi connectivity index (χ1) is 1.73. The Morgan fingerprint density at radius 3 is 1.50 bits per heavy atom. The van der Waals surface area contributed by atoms with Crippen LogP contribution in [0.4, 0.5) is 0 Å². The van der Waals surface area contributed by atoms with E-state index in [0.29, 0.717) is 0 Å². The molecule has 0 nitrogen and oxygen atoms in total. The van der Waals surface area contributed by atoms with Gasteiger partial charge in [0.05, 0.1) is 0 Å². The van der Waals surface area contributed by atoms with E-state index in [1.165, 1.54) is 0 Å².